The minimum absolute atomic E-state index is 0.292. The summed E-state index contributed by atoms with van der Waals surface area (Å²) in [6.45, 7) is 0.292. The van der Waals surface area contributed by atoms with E-state index in [1.54, 1.807) is 37.6 Å². The maximum atomic E-state index is 5.86. The quantitative estimate of drug-likeness (QED) is 0.395. The minimum Gasteiger partial charge on any atom is -0.497 e. The molecule has 0 aliphatic heterocycles. The van der Waals surface area contributed by atoms with Crippen LogP contribution in [0.15, 0.2) is 64.4 Å². The lowest BCUT2D eigenvalue weighted by Gasteiger charge is -2.03. The van der Waals surface area contributed by atoms with E-state index in [9.17, 15) is 0 Å². The van der Waals surface area contributed by atoms with Crippen LogP contribution in [-0.2, 0) is 12.4 Å². The van der Waals surface area contributed by atoms with Crippen molar-refractivity contribution in [1.29, 1.82) is 0 Å². The SMILES string of the molecule is COc1ccc(-c2nc(CSc3n[nH]c(COc4ccc(Cl)cc4)n3)co2)cc1. The number of halogens is 1. The number of thioether (sulfide) groups is 1. The fourth-order valence-electron chi connectivity index (χ4n) is 2.47. The third-order valence-corrected chi connectivity index (χ3v) is 5.07. The molecule has 0 fully saturated rings. The van der Waals surface area contributed by atoms with E-state index in [0.717, 1.165) is 17.0 Å². The standard InChI is InChI=1S/C20H17ClN4O3S/c1-26-16-6-2-13(3-7-16)19-22-15(10-28-19)12-29-20-23-18(24-25-20)11-27-17-8-4-14(21)5-9-17/h2-10H,11-12H2,1H3,(H,23,24,25). The van der Waals surface area contributed by atoms with E-state index < -0.39 is 0 Å². The van der Waals surface area contributed by atoms with Crippen molar-refractivity contribution < 1.29 is 13.9 Å². The molecule has 2 aromatic carbocycles. The van der Waals surface area contributed by atoms with Gasteiger partial charge in [-0.3, -0.25) is 5.10 Å². The van der Waals surface area contributed by atoms with Gasteiger partial charge in [0.1, 0.15) is 24.4 Å². The third-order valence-electron chi connectivity index (χ3n) is 3.94. The second kappa shape index (κ2) is 9.02. The number of aromatic amines is 1. The van der Waals surface area contributed by atoms with Crippen molar-refractivity contribution in [1.82, 2.24) is 20.2 Å². The van der Waals surface area contributed by atoms with E-state index in [1.807, 2.05) is 24.3 Å². The summed E-state index contributed by atoms with van der Waals surface area (Å²) in [5, 5.41) is 8.36. The monoisotopic (exact) mass is 428 g/mol. The van der Waals surface area contributed by atoms with E-state index in [1.165, 1.54) is 11.8 Å². The van der Waals surface area contributed by atoms with Gasteiger partial charge in [0.15, 0.2) is 5.82 Å². The molecule has 0 spiro atoms. The molecule has 0 aliphatic carbocycles. The molecular weight excluding hydrogens is 412 g/mol. The average Bonchev–Trinajstić information content (AvgIpc) is 3.41. The number of ether oxygens (including phenoxy) is 2. The van der Waals surface area contributed by atoms with Gasteiger partial charge in [-0.25, -0.2) is 9.97 Å². The molecule has 4 aromatic rings. The van der Waals surface area contributed by atoms with Crippen LogP contribution in [0, 0.1) is 0 Å². The van der Waals surface area contributed by atoms with Gasteiger partial charge < -0.3 is 13.9 Å². The highest BCUT2D eigenvalue weighted by molar-refractivity contribution is 7.98. The molecule has 7 nitrogen and oxygen atoms in total. The number of rotatable bonds is 8. The van der Waals surface area contributed by atoms with Crippen LogP contribution in [0.3, 0.4) is 0 Å². The summed E-state index contributed by atoms with van der Waals surface area (Å²) in [6.07, 6.45) is 1.64. The zero-order valence-electron chi connectivity index (χ0n) is 15.5. The average molecular weight is 429 g/mol. The van der Waals surface area contributed by atoms with Gasteiger partial charge >= 0.3 is 0 Å². The van der Waals surface area contributed by atoms with Crippen molar-refractivity contribution in [2.75, 3.05) is 7.11 Å². The van der Waals surface area contributed by atoms with Gasteiger partial charge in [-0.2, -0.15) is 0 Å². The number of oxazole rings is 1. The van der Waals surface area contributed by atoms with Crippen molar-refractivity contribution in [2.24, 2.45) is 0 Å². The number of hydrogen-bond acceptors (Lipinski definition) is 7. The number of aromatic nitrogens is 4. The van der Waals surface area contributed by atoms with Gasteiger partial charge in [0.25, 0.3) is 0 Å². The van der Waals surface area contributed by atoms with Gasteiger partial charge in [-0.05, 0) is 48.5 Å². The normalized spacial score (nSPS) is 10.8. The molecular formula is C20H17ClN4O3S. The molecule has 4 rings (SSSR count). The highest BCUT2D eigenvalue weighted by Crippen LogP contribution is 2.25. The topological polar surface area (TPSA) is 86.1 Å². The Labute approximate surface area is 176 Å². The van der Waals surface area contributed by atoms with Gasteiger partial charge in [-0.15, -0.1) is 5.10 Å². The summed E-state index contributed by atoms with van der Waals surface area (Å²) in [5.41, 5.74) is 1.70. The highest BCUT2D eigenvalue weighted by atomic mass is 35.5. The lowest BCUT2D eigenvalue weighted by atomic mass is 10.2. The van der Waals surface area contributed by atoms with Crippen LogP contribution >= 0.6 is 23.4 Å². The lowest BCUT2D eigenvalue weighted by molar-refractivity contribution is 0.296. The zero-order chi connectivity index (χ0) is 20.1. The Bertz CT molecular complexity index is 1060. The van der Waals surface area contributed by atoms with Gasteiger partial charge in [0, 0.05) is 16.3 Å². The maximum Gasteiger partial charge on any atom is 0.226 e. The predicted octanol–water partition coefficient (Wildman–Crippen LogP) is 4.99. The molecule has 1 N–H and O–H groups in total. The number of hydrogen-bond donors (Lipinski definition) is 1. The van der Waals surface area contributed by atoms with Crippen LogP contribution in [0.2, 0.25) is 5.02 Å². The van der Waals surface area contributed by atoms with E-state index in [4.69, 9.17) is 25.5 Å². The van der Waals surface area contributed by atoms with Crippen LogP contribution in [0.4, 0.5) is 0 Å². The molecule has 0 saturated heterocycles. The molecule has 0 amide bonds. The molecule has 9 heteroatoms. The highest BCUT2D eigenvalue weighted by Gasteiger charge is 2.10. The van der Waals surface area contributed by atoms with Crippen molar-refractivity contribution in [2.45, 2.75) is 17.5 Å². The van der Waals surface area contributed by atoms with Gasteiger partial charge in [-0.1, -0.05) is 23.4 Å². The van der Waals surface area contributed by atoms with Gasteiger partial charge in [0.05, 0.1) is 12.8 Å². The number of H-pyrrole nitrogens is 1. The summed E-state index contributed by atoms with van der Waals surface area (Å²) in [4.78, 5) is 8.93. The first kappa shape index (κ1) is 19.4. The molecule has 148 valence electrons. The Morgan fingerprint density at radius 3 is 2.55 bits per heavy atom. The Kier molecular flexibility index (Phi) is 6.02. The van der Waals surface area contributed by atoms with E-state index >= 15 is 0 Å². The van der Waals surface area contributed by atoms with Crippen LogP contribution in [0.1, 0.15) is 11.5 Å². The van der Waals surface area contributed by atoms with Gasteiger partial charge in [0.2, 0.25) is 11.0 Å². The largest absolute Gasteiger partial charge is 0.497 e. The van der Waals surface area contributed by atoms with E-state index in [0.29, 0.717) is 40.0 Å². The Morgan fingerprint density at radius 1 is 1.03 bits per heavy atom. The van der Waals surface area contributed by atoms with E-state index in [2.05, 4.69) is 20.2 Å². The fourth-order valence-corrected chi connectivity index (χ4v) is 3.29. The first-order valence-electron chi connectivity index (χ1n) is 8.71. The molecule has 29 heavy (non-hydrogen) atoms. The zero-order valence-corrected chi connectivity index (χ0v) is 17.0. The summed E-state index contributed by atoms with van der Waals surface area (Å²) in [6, 6.07) is 14.7. The van der Waals surface area contributed by atoms with Crippen molar-refractivity contribution in [3.63, 3.8) is 0 Å². The summed E-state index contributed by atoms with van der Waals surface area (Å²) < 4.78 is 16.4. The number of methoxy groups -OCH3 is 1. The molecule has 0 radical (unpaired) electrons. The smallest absolute Gasteiger partial charge is 0.226 e. The molecule has 2 heterocycles. The minimum atomic E-state index is 0.292. The first-order valence-corrected chi connectivity index (χ1v) is 10.1. The van der Waals surface area contributed by atoms with Crippen LogP contribution in [-0.4, -0.2) is 27.3 Å². The van der Waals surface area contributed by atoms with Crippen molar-refractivity contribution in [3.05, 3.63) is 71.3 Å². The summed E-state index contributed by atoms with van der Waals surface area (Å²) >= 11 is 7.33. The fraction of sp³-hybridized carbons (Fsp3) is 0.150. The third kappa shape index (κ3) is 5.10. The maximum absolute atomic E-state index is 5.86. The van der Waals surface area contributed by atoms with Crippen LogP contribution in [0.5, 0.6) is 11.5 Å². The van der Waals surface area contributed by atoms with E-state index in [-0.39, 0.29) is 0 Å². The second-order valence-corrected chi connectivity index (χ2v) is 7.35. The Balaban J connectivity index is 1.30. The molecule has 0 saturated carbocycles. The number of nitrogens with one attached hydrogen (secondary N) is 1. The first-order chi connectivity index (χ1) is 14.2. The Hall–Kier alpha value is -2.97. The molecule has 0 bridgehead atoms. The lowest BCUT2D eigenvalue weighted by Crippen LogP contribution is -1.97. The summed E-state index contributed by atoms with van der Waals surface area (Å²) in [5.74, 6) is 3.30. The molecule has 0 aliphatic rings. The molecule has 2 aromatic heterocycles. The van der Waals surface area contributed by atoms with Crippen LogP contribution < -0.4 is 9.47 Å². The van der Waals surface area contributed by atoms with Crippen molar-refractivity contribution >= 4 is 23.4 Å². The predicted molar refractivity (Wildman–Crippen MR) is 110 cm³/mol. The number of nitrogens with zero attached hydrogens (tertiary/aromatic N) is 3. The molecule has 0 atom stereocenters. The van der Waals surface area contributed by atoms with Crippen molar-refractivity contribution in [3.8, 4) is 23.0 Å². The summed E-state index contributed by atoms with van der Waals surface area (Å²) in [7, 11) is 1.63. The molecule has 0 unspecified atom stereocenters. The number of benzene rings is 2. The Morgan fingerprint density at radius 2 is 1.79 bits per heavy atom. The second-order valence-electron chi connectivity index (χ2n) is 5.97. The van der Waals surface area contributed by atoms with Crippen LogP contribution in [0.25, 0.3) is 11.5 Å².